The highest BCUT2D eigenvalue weighted by atomic mass is 127. The number of nitrogens with two attached hydrogens (primary N) is 1. The predicted octanol–water partition coefficient (Wildman–Crippen LogP) is 0.692. The van der Waals surface area contributed by atoms with Gasteiger partial charge >= 0.3 is 0 Å². The Kier molecular flexibility index (Phi) is 7.01. The topological polar surface area (TPSA) is 51.9 Å². The Morgan fingerprint density at radius 1 is 1.07 bits per heavy atom. The first-order valence-corrected chi connectivity index (χ1v) is 10.5. The molecule has 30 heavy (non-hydrogen) atoms. The zero-order valence-corrected chi connectivity index (χ0v) is 19.8. The maximum Gasteiger partial charge on any atom is 0.256 e. The van der Waals surface area contributed by atoms with Crippen LogP contribution in [0.5, 0.6) is 0 Å². The molecule has 2 aromatic carbocycles. The maximum atomic E-state index is 13.2. The third kappa shape index (κ3) is 3.68. The van der Waals surface area contributed by atoms with Gasteiger partial charge < -0.3 is 29.7 Å². The summed E-state index contributed by atoms with van der Waals surface area (Å²) in [5.74, 6) is 1.22. The summed E-state index contributed by atoms with van der Waals surface area (Å²) >= 11 is 0. The van der Waals surface area contributed by atoms with Crippen LogP contribution in [0.1, 0.15) is 49.2 Å². The van der Waals surface area contributed by atoms with E-state index in [0.717, 1.165) is 36.8 Å². The molecule has 1 aliphatic carbocycles. The Morgan fingerprint density at radius 2 is 1.63 bits per heavy atom. The van der Waals surface area contributed by atoms with Crippen LogP contribution in [0.2, 0.25) is 0 Å². The summed E-state index contributed by atoms with van der Waals surface area (Å²) in [7, 11) is 2.10. The number of rotatable bonds is 6. The largest absolute Gasteiger partial charge is 1.00 e. The molecule has 0 aliphatic heterocycles. The second kappa shape index (κ2) is 9.33. The molecule has 0 radical (unpaired) electrons. The number of nitrogens with zero attached hydrogens (tertiary/aromatic N) is 2. The van der Waals surface area contributed by atoms with Crippen LogP contribution in [0.3, 0.4) is 0 Å². The van der Waals surface area contributed by atoms with Crippen LogP contribution in [0, 0.1) is 5.92 Å². The van der Waals surface area contributed by atoms with Crippen LogP contribution in [-0.2, 0) is 23.7 Å². The van der Waals surface area contributed by atoms with Crippen molar-refractivity contribution in [2.75, 3.05) is 0 Å². The minimum absolute atomic E-state index is 0. The molecule has 2 N–H and O–H groups in total. The van der Waals surface area contributed by atoms with Crippen molar-refractivity contribution in [3.05, 3.63) is 90.0 Å². The fourth-order valence-corrected chi connectivity index (χ4v) is 5.42. The molecule has 0 bridgehead atoms. The van der Waals surface area contributed by atoms with E-state index in [1.807, 2.05) is 36.4 Å². The predicted molar refractivity (Wildman–Crippen MR) is 114 cm³/mol. The number of aryl methyl sites for hydroxylation is 1. The average molecular weight is 515 g/mol. The first-order valence-electron chi connectivity index (χ1n) is 10.5. The van der Waals surface area contributed by atoms with E-state index in [0.29, 0.717) is 6.04 Å². The van der Waals surface area contributed by atoms with Crippen LogP contribution < -0.4 is 34.3 Å². The lowest BCUT2D eigenvalue weighted by Crippen LogP contribution is -3.00. The Bertz CT molecular complexity index is 945. The Balaban J connectivity index is 0.00000256. The van der Waals surface area contributed by atoms with Gasteiger partial charge in [0.1, 0.15) is 23.9 Å². The van der Waals surface area contributed by atoms with Gasteiger partial charge in [-0.25, -0.2) is 9.13 Å². The van der Waals surface area contributed by atoms with E-state index in [1.165, 1.54) is 5.82 Å². The average Bonchev–Trinajstić information content (AvgIpc) is 3.37. The highest BCUT2D eigenvalue weighted by Gasteiger charge is 2.51. The van der Waals surface area contributed by atoms with Crippen molar-refractivity contribution < 1.29 is 33.3 Å². The van der Waals surface area contributed by atoms with Crippen molar-refractivity contribution in [1.29, 1.82) is 0 Å². The number of carbonyl (C=O) groups excluding carboxylic acids is 1. The van der Waals surface area contributed by atoms with Crippen molar-refractivity contribution >= 4 is 5.91 Å². The lowest BCUT2D eigenvalue weighted by atomic mass is 9.64. The van der Waals surface area contributed by atoms with E-state index >= 15 is 0 Å². The minimum atomic E-state index is -0.807. The second-order valence-electron chi connectivity index (χ2n) is 8.15. The van der Waals surface area contributed by atoms with Gasteiger partial charge in [0.2, 0.25) is 5.91 Å². The first kappa shape index (κ1) is 22.5. The number of primary amides is 1. The third-order valence-corrected chi connectivity index (χ3v) is 6.73. The summed E-state index contributed by atoms with van der Waals surface area (Å²) in [5, 5.41) is 0. The van der Waals surface area contributed by atoms with E-state index in [-0.39, 0.29) is 35.8 Å². The number of hydrogen-bond acceptors (Lipinski definition) is 1. The maximum absolute atomic E-state index is 13.2. The minimum Gasteiger partial charge on any atom is -1.00 e. The smallest absolute Gasteiger partial charge is 0.256 e. The van der Waals surface area contributed by atoms with Crippen LogP contribution >= 0.6 is 0 Å². The van der Waals surface area contributed by atoms with E-state index < -0.39 is 5.41 Å². The fraction of sp³-hybridized carbons (Fsp3) is 0.360. The molecule has 1 amide bonds. The summed E-state index contributed by atoms with van der Waals surface area (Å²) < 4.78 is 4.60. The van der Waals surface area contributed by atoms with E-state index in [4.69, 9.17) is 5.73 Å². The zero-order chi connectivity index (χ0) is 20.4. The zero-order valence-electron chi connectivity index (χ0n) is 17.7. The van der Waals surface area contributed by atoms with E-state index in [9.17, 15) is 4.79 Å². The molecule has 0 spiro atoms. The molecular formula is C25H30IN3O. The molecule has 4 nitrogen and oxygen atoms in total. The normalized spacial score (nSPS) is 18.7. The molecule has 1 aromatic heterocycles. The molecule has 0 unspecified atom stereocenters. The summed E-state index contributed by atoms with van der Waals surface area (Å²) in [4.78, 5) is 13.2. The van der Waals surface area contributed by atoms with Crippen molar-refractivity contribution in [3.63, 3.8) is 0 Å². The Morgan fingerprint density at radius 3 is 2.13 bits per heavy atom. The van der Waals surface area contributed by atoms with Gasteiger partial charge in [0.05, 0.1) is 7.05 Å². The Hall–Kier alpha value is -2.15. The van der Waals surface area contributed by atoms with Crippen LogP contribution in [0.4, 0.5) is 0 Å². The van der Waals surface area contributed by atoms with Crippen molar-refractivity contribution in [3.8, 4) is 0 Å². The van der Waals surface area contributed by atoms with Gasteiger partial charge in [0, 0.05) is 6.42 Å². The molecule has 1 heterocycles. The van der Waals surface area contributed by atoms with Gasteiger partial charge in [0.25, 0.3) is 5.82 Å². The fourth-order valence-electron chi connectivity index (χ4n) is 5.42. The standard InChI is InChI=1S/C25H29N3O.HI/c1-3-23-27(2)16-17-28(23)22-15-14-21(18-22)25(24(26)29,19-10-6-4-7-11-19)20-12-8-5-9-13-20;/h4-13,16-17,21-22H,3,14-15,18H2,1-2H3,(H-,26,29);1H/t21-,22+;/m0./s1. The SMILES string of the molecule is CCc1n([C@@H]2CC[C@H](C(C(N)=O)(c3ccccc3)c3ccccc3)C2)cc[n+]1C.[I-]. The van der Waals surface area contributed by atoms with Crippen molar-refractivity contribution in [1.82, 2.24) is 4.57 Å². The van der Waals surface area contributed by atoms with Gasteiger partial charge in [-0.05, 0) is 36.3 Å². The number of aromatic nitrogens is 2. The van der Waals surface area contributed by atoms with Gasteiger partial charge in [0.15, 0.2) is 0 Å². The molecule has 0 saturated heterocycles. The Labute approximate surface area is 196 Å². The second-order valence-corrected chi connectivity index (χ2v) is 8.15. The number of amides is 1. The van der Waals surface area contributed by atoms with Crippen LogP contribution in [-0.4, -0.2) is 10.5 Å². The van der Waals surface area contributed by atoms with Crippen molar-refractivity contribution in [2.24, 2.45) is 18.7 Å². The van der Waals surface area contributed by atoms with E-state index in [2.05, 4.69) is 59.8 Å². The summed E-state index contributed by atoms with van der Waals surface area (Å²) in [6.45, 7) is 2.19. The summed E-state index contributed by atoms with van der Waals surface area (Å²) in [6.07, 6.45) is 8.27. The molecule has 1 saturated carbocycles. The quantitative estimate of drug-likeness (QED) is 0.382. The molecule has 2 atom stereocenters. The highest BCUT2D eigenvalue weighted by Crippen LogP contribution is 2.49. The molecule has 3 aromatic rings. The van der Waals surface area contributed by atoms with Crippen LogP contribution in [0.15, 0.2) is 73.1 Å². The van der Waals surface area contributed by atoms with Crippen LogP contribution in [0.25, 0.3) is 0 Å². The highest BCUT2D eigenvalue weighted by molar-refractivity contribution is 5.91. The summed E-state index contributed by atoms with van der Waals surface area (Å²) in [5.41, 5.74) is 7.40. The lowest BCUT2D eigenvalue weighted by molar-refractivity contribution is -0.678. The number of carbonyl (C=O) groups is 1. The first-order chi connectivity index (χ1) is 14.1. The van der Waals surface area contributed by atoms with Gasteiger partial charge in [-0.1, -0.05) is 67.6 Å². The van der Waals surface area contributed by atoms with E-state index in [1.54, 1.807) is 0 Å². The monoisotopic (exact) mass is 515 g/mol. The number of hydrogen-bond donors (Lipinski definition) is 1. The number of imidazole rings is 1. The number of benzene rings is 2. The molecule has 4 rings (SSSR count). The molecule has 158 valence electrons. The number of halogens is 1. The molecule has 1 aliphatic rings. The third-order valence-electron chi connectivity index (χ3n) is 6.73. The molecule has 5 heteroatoms. The summed E-state index contributed by atoms with van der Waals surface area (Å²) in [6, 6.07) is 20.6. The molecule has 1 fully saturated rings. The van der Waals surface area contributed by atoms with Gasteiger partial charge in [-0.2, -0.15) is 0 Å². The van der Waals surface area contributed by atoms with Gasteiger partial charge in [-0.15, -0.1) is 0 Å². The molecular weight excluding hydrogens is 485 g/mol. The van der Waals surface area contributed by atoms with Crippen molar-refractivity contribution in [2.45, 2.75) is 44.1 Å². The van der Waals surface area contributed by atoms with Gasteiger partial charge in [-0.3, -0.25) is 4.79 Å². The lowest BCUT2D eigenvalue weighted by Gasteiger charge is -2.37.